The Balaban J connectivity index is 1.66. The van der Waals surface area contributed by atoms with Crippen LogP contribution >= 0.6 is 11.8 Å². The number of non-ortho nitro benzene ring substituents is 1. The van der Waals surface area contributed by atoms with Crippen LogP contribution in [-0.2, 0) is 4.79 Å². The monoisotopic (exact) mass is 480 g/mol. The highest BCUT2D eigenvalue weighted by Gasteiger charge is 2.32. The third kappa shape index (κ3) is 4.84. The van der Waals surface area contributed by atoms with Gasteiger partial charge in [-0.3, -0.25) is 24.3 Å². The van der Waals surface area contributed by atoms with Crippen molar-refractivity contribution in [2.75, 3.05) is 5.32 Å². The maximum atomic E-state index is 13.6. The number of hydrogen-bond acceptors (Lipinski definition) is 6. The van der Waals surface area contributed by atoms with Crippen molar-refractivity contribution in [2.45, 2.75) is 56.5 Å². The van der Waals surface area contributed by atoms with Gasteiger partial charge in [-0.05, 0) is 43.4 Å². The normalized spacial score (nSPS) is 21.2. The third-order valence-electron chi connectivity index (χ3n) is 6.75. The maximum absolute atomic E-state index is 13.6. The number of carbonyl (C=O) groups excluding carboxylic acids is 1. The zero-order chi connectivity index (χ0) is 24.4. The van der Waals surface area contributed by atoms with Crippen molar-refractivity contribution in [1.82, 2.24) is 9.55 Å². The van der Waals surface area contributed by atoms with Crippen LogP contribution in [0.4, 0.5) is 11.4 Å². The first-order valence-corrected chi connectivity index (χ1v) is 12.4. The molecule has 0 unspecified atom stereocenters. The highest BCUT2D eigenvalue weighted by atomic mass is 32.2. The molecule has 1 saturated carbocycles. The average Bonchev–Trinajstić information content (AvgIpc) is 2.82. The molecule has 0 bridgehead atoms. The van der Waals surface area contributed by atoms with E-state index in [4.69, 9.17) is 4.98 Å². The van der Waals surface area contributed by atoms with Gasteiger partial charge in [-0.1, -0.05) is 56.7 Å². The Morgan fingerprint density at radius 2 is 1.97 bits per heavy atom. The number of rotatable bonds is 6. The predicted octanol–water partition coefficient (Wildman–Crippen LogP) is 5.42. The van der Waals surface area contributed by atoms with Gasteiger partial charge in [-0.25, -0.2) is 4.98 Å². The summed E-state index contributed by atoms with van der Waals surface area (Å²) in [6.45, 7) is 6.15. The van der Waals surface area contributed by atoms with E-state index >= 15 is 0 Å². The van der Waals surface area contributed by atoms with E-state index in [2.05, 4.69) is 19.2 Å². The number of carbonyl (C=O) groups is 1. The van der Waals surface area contributed by atoms with E-state index in [1.807, 2.05) is 18.2 Å². The smallest absolute Gasteiger partial charge is 0.271 e. The lowest BCUT2D eigenvalue weighted by Gasteiger charge is -2.36. The molecule has 0 aliphatic heterocycles. The molecule has 0 saturated heterocycles. The molecular weight excluding hydrogens is 452 g/mol. The van der Waals surface area contributed by atoms with E-state index in [1.54, 1.807) is 23.6 Å². The Morgan fingerprint density at radius 3 is 2.74 bits per heavy atom. The van der Waals surface area contributed by atoms with Crippen LogP contribution in [0.25, 0.3) is 10.9 Å². The van der Waals surface area contributed by atoms with Crippen molar-refractivity contribution in [3.8, 4) is 0 Å². The molecule has 9 heteroatoms. The number of fused-ring (bicyclic) bond motifs is 1. The van der Waals surface area contributed by atoms with E-state index in [9.17, 15) is 19.7 Å². The summed E-state index contributed by atoms with van der Waals surface area (Å²) in [6, 6.07) is 13.1. The third-order valence-corrected chi connectivity index (χ3v) is 7.81. The van der Waals surface area contributed by atoms with Gasteiger partial charge in [0.05, 0.1) is 21.1 Å². The predicted molar refractivity (Wildman–Crippen MR) is 134 cm³/mol. The van der Waals surface area contributed by atoms with Gasteiger partial charge in [-0.15, -0.1) is 0 Å². The number of thioether (sulfide) groups is 1. The first-order valence-electron chi connectivity index (χ1n) is 11.5. The van der Waals surface area contributed by atoms with E-state index in [1.165, 1.54) is 30.0 Å². The lowest BCUT2D eigenvalue weighted by Crippen LogP contribution is -2.36. The standard InChI is InChI=1S/C25H28N4O4S/c1-15-8-6-13-22(16(15)2)28-24(31)20-11-4-5-12-21(20)27-25(28)34-17(3)23(30)26-18-9-7-10-19(14-18)29(32)33/h4-5,7,9-12,14-17,22H,6,8,13H2,1-3H3,(H,26,30)/t15-,16-,17+,22+/m1/s1. The lowest BCUT2D eigenvalue weighted by atomic mass is 9.78. The fraction of sp³-hybridized carbons (Fsp3) is 0.400. The first-order chi connectivity index (χ1) is 16.3. The lowest BCUT2D eigenvalue weighted by molar-refractivity contribution is -0.384. The van der Waals surface area contributed by atoms with Crippen molar-refractivity contribution in [1.29, 1.82) is 0 Å². The molecule has 2 aromatic carbocycles. The molecular formula is C25H28N4O4S. The summed E-state index contributed by atoms with van der Waals surface area (Å²) in [5, 5.41) is 14.3. The summed E-state index contributed by atoms with van der Waals surface area (Å²) in [5.41, 5.74) is 0.785. The highest BCUT2D eigenvalue weighted by molar-refractivity contribution is 8.00. The number of benzene rings is 2. The van der Waals surface area contributed by atoms with E-state index in [0.29, 0.717) is 33.6 Å². The van der Waals surface area contributed by atoms with Gasteiger partial charge < -0.3 is 5.32 Å². The molecule has 1 amide bonds. The van der Waals surface area contributed by atoms with Crippen LogP contribution in [0.15, 0.2) is 58.5 Å². The minimum atomic E-state index is -0.574. The molecule has 0 spiro atoms. The molecule has 1 heterocycles. The Bertz CT molecular complexity index is 1290. The summed E-state index contributed by atoms with van der Waals surface area (Å²) >= 11 is 1.24. The Morgan fingerprint density at radius 1 is 1.21 bits per heavy atom. The van der Waals surface area contributed by atoms with Gasteiger partial charge in [0.1, 0.15) is 0 Å². The second kappa shape index (κ2) is 9.97. The van der Waals surface area contributed by atoms with Gasteiger partial charge in [0.25, 0.3) is 11.2 Å². The zero-order valence-corrected chi connectivity index (χ0v) is 20.2. The van der Waals surface area contributed by atoms with Gasteiger partial charge in [0, 0.05) is 23.9 Å². The number of amides is 1. The van der Waals surface area contributed by atoms with E-state index in [0.717, 1.165) is 19.3 Å². The number of aromatic nitrogens is 2. The Hall–Kier alpha value is -3.20. The molecule has 1 fully saturated rings. The largest absolute Gasteiger partial charge is 0.325 e. The number of nitrogens with zero attached hydrogens (tertiary/aromatic N) is 3. The SMILES string of the molecule is C[C@@H]1[C@H](C)CCC[C@@H]1n1c(S[C@@H](C)C(=O)Nc2cccc([N+](=O)[O-])c2)nc2ccccc2c1=O. The molecule has 4 rings (SSSR count). The van der Waals surface area contributed by atoms with Crippen molar-refractivity contribution >= 4 is 39.9 Å². The van der Waals surface area contributed by atoms with E-state index in [-0.39, 0.29) is 23.2 Å². The Labute approximate surface area is 201 Å². The zero-order valence-electron chi connectivity index (χ0n) is 19.4. The highest BCUT2D eigenvalue weighted by Crippen LogP contribution is 2.39. The van der Waals surface area contributed by atoms with Crippen LogP contribution < -0.4 is 10.9 Å². The maximum Gasteiger partial charge on any atom is 0.271 e. The minimum absolute atomic E-state index is 0.0166. The first kappa shape index (κ1) is 23.9. The fourth-order valence-electron chi connectivity index (χ4n) is 4.57. The van der Waals surface area contributed by atoms with Crippen LogP contribution in [0.2, 0.25) is 0 Å². The van der Waals surface area contributed by atoms with Gasteiger partial charge >= 0.3 is 0 Å². The number of nitro groups is 1. The molecule has 4 atom stereocenters. The summed E-state index contributed by atoms with van der Waals surface area (Å²) in [7, 11) is 0. The van der Waals surface area contributed by atoms with Crippen molar-refractivity contribution in [3.63, 3.8) is 0 Å². The van der Waals surface area contributed by atoms with Crippen LogP contribution in [0, 0.1) is 22.0 Å². The molecule has 34 heavy (non-hydrogen) atoms. The minimum Gasteiger partial charge on any atom is -0.325 e. The van der Waals surface area contributed by atoms with Gasteiger partial charge in [-0.2, -0.15) is 0 Å². The molecule has 8 nitrogen and oxygen atoms in total. The number of hydrogen-bond donors (Lipinski definition) is 1. The van der Waals surface area contributed by atoms with Gasteiger partial charge in [0.2, 0.25) is 5.91 Å². The second-order valence-electron chi connectivity index (χ2n) is 8.98. The summed E-state index contributed by atoms with van der Waals surface area (Å²) in [5.74, 6) is 0.483. The molecule has 1 aliphatic carbocycles. The fourth-order valence-corrected chi connectivity index (χ4v) is 5.54. The van der Waals surface area contributed by atoms with Crippen molar-refractivity contribution < 1.29 is 9.72 Å². The summed E-state index contributed by atoms with van der Waals surface area (Å²) in [4.78, 5) is 41.9. The molecule has 178 valence electrons. The van der Waals surface area contributed by atoms with Crippen LogP contribution in [0.1, 0.15) is 46.1 Å². The van der Waals surface area contributed by atoms with Gasteiger partial charge in [0.15, 0.2) is 5.16 Å². The number of para-hydroxylation sites is 1. The van der Waals surface area contributed by atoms with Crippen molar-refractivity contribution in [3.05, 3.63) is 69.0 Å². The quantitative estimate of drug-likeness (QED) is 0.218. The molecule has 0 radical (unpaired) electrons. The molecule has 1 aromatic heterocycles. The number of nitrogens with one attached hydrogen (secondary N) is 1. The topological polar surface area (TPSA) is 107 Å². The molecule has 1 aliphatic rings. The summed E-state index contributed by atoms with van der Waals surface area (Å²) in [6.07, 6.45) is 3.08. The average molecular weight is 481 g/mol. The molecule has 3 aromatic rings. The number of nitro benzene ring substituents is 1. The summed E-state index contributed by atoms with van der Waals surface area (Å²) < 4.78 is 1.80. The molecule has 1 N–H and O–H groups in total. The number of anilines is 1. The Kier molecular flexibility index (Phi) is 7.02. The van der Waals surface area contributed by atoms with Crippen LogP contribution in [0.3, 0.4) is 0 Å². The second-order valence-corrected chi connectivity index (χ2v) is 10.3. The van der Waals surface area contributed by atoms with Crippen molar-refractivity contribution in [2.24, 2.45) is 11.8 Å². The van der Waals surface area contributed by atoms with Crippen LogP contribution in [0.5, 0.6) is 0 Å². The van der Waals surface area contributed by atoms with E-state index < -0.39 is 10.2 Å². The van der Waals surface area contributed by atoms with Crippen LogP contribution in [-0.4, -0.2) is 25.6 Å².